The first kappa shape index (κ1) is 22.5. The summed E-state index contributed by atoms with van der Waals surface area (Å²) >= 11 is 1.67. The van der Waals surface area contributed by atoms with E-state index in [9.17, 15) is 4.39 Å². The second-order valence-corrected chi connectivity index (χ2v) is 10.3. The van der Waals surface area contributed by atoms with E-state index in [1.54, 1.807) is 23.5 Å². The molecule has 0 aliphatic heterocycles. The summed E-state index contributed by atoms with van der Waals surface area (Å²) < 4.78 is 16.0. The molecule has 0 radical (unpaired) electrons. The van der Waals surface area contributed by atoms with E-state index in [0.29, 0.717) is 17.3 Å². The number of rotatable bonds is 6. The summed E-state index contributed by atoms with van der Waals surface area (Å²) in [6, 6.07) is 11.7. The van der Waals surface area contributed by atoms with Crippen molar-refractivity contribution in [1.29, 1.82) is 0 Å². The third-order valence-electron chi connectivity index (χ3n) is 6.64. The predicted octanol–water partition coefficient (Wildman–Crippen LogP) is 8.13. The molecule has 3 nitrogen and oxygen atoms in total. The number of halogens is 1. The van der Waals surface area contributed by atoms with E-state index in [1.165, 1.54) is 23.9 Å². The lowest BCUT2D eigenvalue weighted by Crippen LogP contribution is -2.15. The average molecular weight is 470 g/mol. The van der Waals surface area contributed by atoms with Gasteiger partial charge in [0.2, 0.25) is 0 Å². The van der Waals surface area contributed by atoms with Crippen LogP contribution in [0.2, 0.25) is 0 Å². The molecule has 1 fully saturated rings. The molecular formula is C29H28FN3S. The van der Waals surface area contributed by atoms with E-state index in [-0.39, 0.29) is 5.82 Å². The highest BCUT2D eigenvalue weighted by atomic mass is 32.1. The monoisotopic (exact) mass is 469 g/mol. The Balaban J connectivity index is 1.53. The van der Waals surface area contributed by atoms with Crippen LogP contribution in [0.3, 0.4) is 0 Å². The molecule has 3 aromatic heterocycles. The zero-order valence-electron chi connectivity index (χ0n) is 20.1. The van der Waals surface area contributed by atoms with E-state index < -0.39 is 0 Å². The number of allylic oxidation sites excluding steroid dienone is 2. The van der Waals surface area contributed by atoms with Gasteiger partial charge in [0.1, 0.15) is 5.82 Å². The normalized spacial score (nSPS) is 13.3. The molecule has 34 heavy (non-hydrogen) atoms. The molecule has 3 heterocycles. The van der Waals surface area contributed by atoms with Crippen molar-refractivity contribution in [2.75, 3.05) is 11.9 Å². The second-order valence-electron chi connectivity index (χ2n) is 9.26. The smallest absolute Gasteiger partial charge is 0.147 e. The number of thiophene rings is 1. The molecule has 172 valence electrons. The molecule has 5 rings (SSSR count). The van der Waals surface area contributed by atoms with Crippen LogP contribution in [0.1, 0.15) is 51.8 Å². The van der Waals surface area contributed by atoms with Crippen molar-refractivity contribution in [2.45, 2.75) is 39.5 Å². The summed E-state index contributed by atoms with van der Waals surface area (Å²) in [5.74, 6) is 0.352. The molecule has 0 spiro atoms. The minimum absolute atomic E-state index is 0.264. The van der Waals surface area contributed by atoms with E-state index in [4.69, 9.17) is 4.98 Å². The molecule has 1 aromatic carbocycles. The van der Waals surface area contributed by atoms with Crippen LogP contribution >= 0.6 is 11.3 Å². The molecule has 4 aromatic rings. The number of anilines is 2. The van der Waals surface area contributed by atoms with Gasteiger partial charge in [-0.15, -0.1) is 11.3 Å². The standard InChI is InChI=1S/C29H28FN3S/c1-16-7-10-25(23(30)11-16)33(6)26-12-17(2)20(5)32-29(26)19(4)18(3)27-14-22-13-24(21-8-9-21)31-15-28(22)34-27/h7,10-15,21H,3-4,8-9H2,1-2,5-6H3. The molecule has 1 saturated carbocycles. The van der Waals surface area contributed by atoms with Crippen LogP contribution < -0.4 is 4.90 Å². The molecule has 0 bridgehead atoms. The number of hydrogen-bond donors (Lipinski definition) is 0. The first-order valence-corrected chi connectivity index (χ1v) is 12.3. The van der Waals surface area contributed by atoms with Crippen LogP contribution in [0.25, 0.3) is 21.2 Å². The summed E-state index contributed by atoms with van der Waals surface area (Å²) in [5, 5.41) is 1.19. The van der Waals surface area contributed by atoms with E-state index in [0.717, 1.165) is 43.2 Å². The Morgan fingerprint density at radius 1 is 1.03 bits per heavy atom. The van der Waals surface area contributed by atoms with Crippen molar-refractivity contribution >= 4 is 43.9 Å². The fraction of sp³-hybridized carbons (Fsp3) is 0.241. The SMILES string of the molecule is C=C(C(=C)c1nc(C)c(C)cc1N(C)c1ccc(C)cc1F)c1cc2cc(C3CC3)ncc2s1. The zero-order valence-corrected chi connectivity index (χ0v) is 20.9. The van der Waals surface area contributed by atoms with Crippen molar-refractivity contribution in [3.8, 4) is 0 Å². The van der Waals surface area contributed by atoms with Crippen molar-refractivity contribution in [2.24, 2.45) is 0 Å². The molecule has 0 saturated heterocycles. The van der Waals surface area contributed by atoms with Crippen molar-refractivity contribution in [3.05, 3.63) is 94.7 Å². The number of aryl methyl sites for hydroxylation is 3. The summed E-state index contributed by atoms with van der Waals surface area (Å²) in [6.45, 7) is 14.6. The van der Waals surface area contributed by atoms with Gasteiger partial charge < -0.3 is 4.90 Å². The molecule has 0 amide bonds. The maximum atomic E-state index is 14.8. The van der Waals surface area contributed by atoms with Crippen LogP contribution in [-0.2, 0) is 0 Å². The first-order chi connectivity index (χ1) is 16.2. The summed E-state index contributed by atoms with van der Waals surface area (Å²) in [4.78, 5) is 12.4. The van der Waals surface area contributed by atoms with Crippen LogP contribution in [0.4, 0.5) is 15.8 Å². The van der Waals surface area contributed by atoms with Gasteiger partial charge in [0.15, 0.2) is 0 Å². The highest BCUT2D eigenvalue weighted by Gasteiger charge is 2.25. The fourth-order valence-corrected chi connectivity index (χ4v) is 5.20. The Bertz CT molecular complexity index is 1460. The lowest BCUT2D eigenvalue weighted by molar-refractivity contribution is 0.626. The van der Waals surface area contributed by atoms with Crippen molar-refractivity contribution in [1.82, 2.24) is 9.97 Å². The molecule has 5 heteroatoms. The van der Waals surface area contributed by atoms with Crippen LogP contribution in [0.5, 0.6) is 0 Å². The third kappa shape index (κ3) is 4.05. The van der Waals surface area contributed by atoms with Gasteiger partial charge in [-0.25, -0.2) is 4.39 Å². The number of aromatic nitrogens is 2. The van der Waals surface area contributed by atoms with E-state index in [1.807, 2.05) is 51.0 Å². The maximum absolute atomic E-state index is 14.8. The van der Waals surface area contributed by atoms with Crippen LogP contribution in [-0.4, -0.2) is 17.0 Å². The Labute approximate surface area is 204 Å². The van der Waals surface area contributed by atoms with Gasteiger partial charge in [0.25, 0.3) is 0 Å². The van der Waals surface area contributed by atoms with Gasteiger partial charge in [-0.3, -0.25) is 9.97 Å². The molecule has 1 aliphatic carbocycles. The Hall–Kier alpha value is -3.31. The van der Waals surface area contributed by atoms with Gasteiger partial charge in [0.05, 0.1) is 21.8 Å². The van der Waals surface area contributed by atoms with Crippen molar-refractivity contribution in [3.63, 3.8) is 0 Å². The number of pyridine rings is 2. The molecule has 0 unspecified atom stereocenters. The highest BCUT2D eigenvalue weighted by Crippen LogP contribution is 2.43. The lowest BCUT2D eigenvalue weighted by Gasteiger charge is -2.25. The van der Waals surface area contributed by atoms with Gasteiger partial charge >= 0.3 is 0 Å². The van der Waals surface area contributed by atoms with Gasteiger partial charge in [-0.2, -0.15) is 0 Å². The summed E-state index contributed by atoms with van der Waals surface area (Å²) in [7, 11) is 1.86. The van der Waals surface area contributed by atoms with Gasteiger partial charge in [-0.05, 0) is 86.0 Å². The quantitative estimate of drug-likeness (QED) is 0.267. The molecule has 0 atom stereocenters. The number of nitrogens with zero attached hydrogens (tertiary/aromatic N) is 3. The number of hydrogen-bond acceptors (Lipinski definition) is 4. The minimum atomic E-state index is -0.264. The third-order valence-corrected chi connectivity index (χ3v) is 7.79. The topological polar surface area (TPSA) is 29.0 Å². The predicted molar refractivity (Wildman–Crippen MR) is 143 cm³/mol. The summed E-state index contributed by atoms with van der Waals surface area (Å²) in [5.41, 5.74) is 7.59. The van der Waals surface area contributed by atoms with Gasteiger partial charge in [-0.1, -0.05) is 19.2 Å². The van der Waals surface area contributed by atoms with E-state index in [2.05, 4.69) is 30.3 Å². The molecule has 1 aliphatic rings. The Kier molecular flexibility index (Phi) is 5.61. The van der Waals surface area contributed by atoms with E-state index >= 15 is 0 Å². The zero-order chi connectivity index (χ0) is 24.1. The molecular weight excluding hydrogens is 441 g/mol. The lowest BCUT2D eigenvalue weighted by atomic mass is 10.00. The second kappa shape index (κ2) is 8.48. The minimum Gasteiger partial charge on any atom is -0.340 e. The van der Waals surface area contributed by atoms with Crippen LogP contribution in [0, 0.1) is 26.6 Å². The Morgan fingerprint density at radius 2 is 1.79 bits per heavy atom. The summed E-state index contributed by atoms with van der Waals surface area (Å²) in [6.07, 6.45) is 4.44. The molecule has 0 N–H and O–H groups in total. The van der Waals surface area contributed by atoms with Gasteiger partial charge in [0, 0.05) is 41.0 Å². The Morgan fingerprint density at radius 3 is 2.50 bits per heavy atom. The van der Waals surface area contributed by atoms with Crippen molar-refractivity contribution < 1.29 is 4.39 Å². The highest BCUT2D eigenvalue weighted by molar-refractivity contribution is 7.20. The average Bonchev–Trinajstić information content (AvgIpc) is 3.57. The number of fused-ring (bicyclic) bond motifs is 1. The van der Waals surface area contributed by atoms with Crippen LogP contribution in [0.15, 0.2) is 55.8 Å². The maximum Gasteiger partial charge on any atom is 0.147 e. The number of benzene rings is 1. The largest absolute Gasteiger partial charge is 0.340 e. The first-order valence-electron chi connectivity index (χ1n) is 11.5. The fourth-order valence-electron chi connectivity index (χ4n) is 4.19.